The Labute approximate surface area is 166 Å². The predicted octanol–water partition coefficient (Wildman–Crippen LogP) is 4.06. The van der Waals surface area contributed by atoms with Crippen LogP contribution < -0.4 is 0 Å². The number of alkyl halides is 6. The second-order valence-corrected chi connectivity index (χ2v) is 8.00. The average molecular weight is 452 g/mol. The lowest BCUT2D eigenvalue weighted by Gasteiger charge is -2.31. The summed E-state index contributed by atoms with van der Waals surface area (Å²) in [6, 6.07) is 2.37. The summed E-state index contributed by atoms with van der Waals surface area (Å²) in [5, 5.41) is 3.20. The molecule has 6 nitrogen and oxygen atoms in total. The summed E-state index contributed by atoms with van der Waals surface area (Å²) in [5.41, 5.74) is -1.70. The van der Waals surface area contributed by atoms with Gasteiger partial charge in [0.15, 0.2) is 10.7 Å². The van der Waals surface area contributed by atoms with Gasteiger partial charge < -0.3 is 0 Å². The number of hydrogen-bond donors (Lipinski definition) is 0. The van der Waals surface area contributed by atoms with Crippen LogP contribution in [0.1, 0.15) is 24.1 Å². The van der Waals surface area contributed by atoms with Crippen LogP contribution in [0, 0.1) is 0 Å². The van der Waals surface area contributed by atoms with E-state index in [0.717, 1.165) is 10.7 Å². The first-order chi connectivity index (χ1) is 13.9. The minimum Gasteiger partial charge on any atom is -0.234 e. The maximum atomic E-state index is 13.9. The normalized spacial score (nSPS) is 14.4. The fourth-order valence-electron chi connectivity index (χ4n) is 2.97. The Balaban J connectivity index is 2.12. The van der Waals surface area contributed by atoms with Crippen LogP contribution >= 0.6 is 0 Å². The summed E-state index contributed by atoms with van der Waals surface area (Å²) < 4.78 is 107. The van der Waals surface area contributed by atoms with Crippen molar-refractivity contribution in [3.63, 3.8) is 0 Å². The fourth-order valence-corrected chi connectivity index (χ4v) is 4.61. The number of aromatic nitrogens is 3. The van der Waals surface area contributed by atoms with Gasteiger partial charge in [0.1, 0.15) is 6.04 Å². The molecule has 1 unspecified atom stereocenters. The highest BCUT2D eigenvalue weighted by atomic mass is 32.2. The minimum absolute atomic E-state index is 0.102. The van der Waals surface area contributed by atoms with Crippen LogP contribution in [-0.2, 0) is 16.2 Å². The SMILES string of the molecule is CCN(C(c1ccc(C(F)(F)F)cc1)C(F)(F)F)S(=O)(=O)c1cnc2cccnn12. The van der Waals surface area contributed by atoms with Gasteiger partial charge in [-0.2, -0.15) is 35.7 Å². The van der Waals surface area contributed by atoms with E-state index in [-0.39, 0.29) is 9.95 Å². The number of imidazole rings is 1. The summed E-state index contributed by atoms with van der Waals surface area (Å²) in [6.07, 6.45) is -7.73. The molecular weight excluding hydrogens is 438 g/mol. The Kier molecular flexibility index (Phi) is 5.54. The van der Waals surface area contributed by atoms with Gasteiger partial charge in [-0.15, -0.1) is 0 Å². The van der Waals surface area contributed by atoms with Gasteiger partial charge in [-0.25, -0.2) is 17.9 Å². The van der Waals surface area contributed by atoms with E-state index in [1.165, 1.54) is 25.3 Å². The van der Waals surface area contributed by atoms with Crippen LogP contribution in [0.15, 0.2) is 53.8 Å². The molecule has 0 fully saturated rings. The van der Waals surface area contributed by atoms with Crippen molar-refractivity contribution in [2.75, 3.05) is 6.54 Å². The molecule has 0 saturated heterocycles. The zero-order chi connectivity index (χ0) is 22.3. The molecule has 2 aromatic heterocycles. The number of benzene rings is 1. The molecule has 0 aliphatic rings. The van der Waals surface area contributed by atoms with E-state index in [0.29, 0.717) is 24.3 Å². The van der Waals surface area contributed by atoms with Gasteiger partial charge >= 0.3 is 12.4 Å². The summed E-state index contributed by atoms with van der Waals surface area (Å²) in [6.45, 7) is 0.588. The van der Waals surface area contributed by atoms with Crippen LogP contribution in [0.25, 0.3) is 5.65 Å². The highest BCUT2D eigenvalue weighted by Gasteiger charge is 2.49. The van der Waals surface area contributed by atoms with Crippen LogP contribution in [0.5, 0.6) is 0 Å². The molecule has 0 bridgehead atoms. The molecule has 162 valence electrons. The zero-order valence-corrected chi connectivity index (χ0v) is 16.0. The molecule has 3 rings (SSSR count). The fraction of sp³-hybridized carbons (Fsp3) is 0.294. The molecule has 0 N–H and O–H groups in total. The van der Waals surface area contributed by atoms with Gasteiger partial charge in [0, 0.05) is 12.7 Å². The number of nitrogens with zero attached hydrogens (tertiary/aromatic N) is 4. The van der Waals surface area contributed by atoms with Gasteiger partial charge in [-0.1, -0.05) is 19.1 Å². The summed E-state index contributed by atoms with van der Waals surface area (Å²) in [4.78, 5) is 3.82. The molecule has 0 saturated carbocycles. The number of rotatable bonds is 5. The van der Waals surface area contributed by atoms with Crippen molar-refractivity contribution in [3.05, 3.63) is 59.9 Å². The molecule has 1 atom stereocenters. The van der Waals surface area contributed by atoms with Gasteiger partial charge in [0.25, 0.3) is 10.0 Å². The van der Waals surface area contributed by atoms with Crippen LogP contribution in [0.4, 0.5) is 26.3 Å². The molecule has 1 aromatic carbocycles. The summed E-state index contributed by atoms with van der Waals surface area (Å²) >= 11 is 0. The topological polar surface area (TPSA) is 67.6 Å². The first kappa shape index (κ1) is 22.0. The monoisotopic (exact) mass is 452 g/mol. The summed E-state index contributed by atoms with van der Waals surface area (Å²) in [5.74, 6) is 0. The number of hydrogen-bond acceptors (Lipinski definition) is 4. The van der Waals surface area contributed by atoms with Gasteiger partial charge in [0.2, 0.25) is 0 Å². The largest absolute Gasteiger partial charge is 0.416 e. The van der Waals surface area contributed by atoms with Crippen molar-refractivity contribution in [1.29, 1.82) is 0 Å². The van der Waals surface area contributed by atoms with Crippen LogP contribution in [-0.4, -0.2) is 40.0 Å². The van der Waals surface area contributed by atoms with E-state index in [1.807, 2.05) is 0 Å². The van der Waals surface area contributed by atoms with Crippen LogP contribution in [0.3, 0.4) is 0 Å². The lowest BCUT2D eigenvalue weighted by molar-refractivity contribution is -0.173. The third-order valence-electron chi connectivity index (χ3n) is 4.28. The van der Waals surface area contributed by atoms with Crippen molar-refractivity contribution in [3.8, 4) is 0 Å². The van der Waals surface area contributed by atoms with Gasteiger partial charge in [-0.05, 0) is 29.8 Å². The Bertz CT molecular complexity index is 1140. The van der Waals surface area contributed by atoms with Crippen molar-refractivity contribution in [1.82, 2.24) is 18.9 Å². The third-order valence-corrected chi connectivity index (χ3v) is 6.18. The zero-order valence-electron chi connectivity index (χ0n) is 15.2. The molecule has 30 heavy (non-hydrogen) atoms. The number of fused-ring (bicyclic) bond motifs is 1. The van der Waals surface area contributed by atoms with Crippen molar-refractivity contribution in [2.24, 2.45) is 0 Å². The van der Waals surface area contributed by atoms with Crippen LogP contribution in [0.2, 0.25) is 0 Å². The Morgan fingerprint density at radius 3 is 2.23 bits per heavy atom. The lowest BCUT2D eigenvalue weighted by atomic mass is 10.0. The Hall–Kier alpha value is -2.67. The molecule has 0 spiro atoms. The maximum Gasteiger partial charge on any atom is 0.416 e. The third kappa shape index (κ3) is 3.99. The molecule has 0 aliphatic heterocycles. The highest BCUT2D eigenvalue weighted by Crippen LogP contribution is 2.41. The standard InChI is InChI=1S/C17H14F6N4O2S/c1-2-26(30(28,29)14-10-24-13-4-3-9-25-27(13)14)15(17(21,22)23)11-5-7-12(8-6-11)16(18,19)20/h3-10,15H,2H2,1H3. The van der Waals surface area contributed by atoms with Gasteiger partial charge in [-0.3, -0.25) is 0 Å². The van der Waals surface area contributed by atoms with Crippen molar-refractivity contribution < 1.29 is 34.8 Å². The second-order valence-electron chi connectivity index (χ2n) is 6.16. The quantitative estimate of drug-likeness (QED) is 0.548. The molecule has 13 heteroatoms. The first-order valence-corrected chi connectivity index (χ1v) is 9.86. The average Bonchev–Trinajstić information content (AvgIpc) is 3.09. The van der Waals surface area contributed by atoms with E-state index >= 15 is 0 Å². The van der Waals surface area contributed by atoms with Crippen molar-refractivity contribution >= 4 is 15.7 Å². The van der Waals surface area contributed by atoms with E-state index in [9.17, 15) is 34.8 Å². The minimum atomic E-state index is -5.10. The van der Waals surface area contributed by atoms with Crippen molar-refractivity contribution in [2.45, 2.75) is 30.3 Å². The molecule has 0 aliphatic carbocycles. The van der Waals surface area contributed by atoms with E-state index in [1.54, 1.807) is 0 Å². The van der Waals surface area contributed by atoms with Gasteiger partial charge in [0.05, 0.1) is 11.8 Å². The molecule has 0 amide bonds. The van der Waals surface area contributed by atoms with E-state index in [4.69, 9.17) is 0 Å². The lowest BCUT2D eigenvalue weighted by Crippen LogP contribution is -2.42. The molecule has 3 aromatic rings. The molecular formula is C17H14F6N4O2S. The second kappa shape index (κ2) is 7.54. The summed E-state index contributed by atoms with van der Waals surface area (Å²) in [7, 11) is -4.77. The maximum absolute atomic E-state index is 13.9. The van der Waals surface area contributed by atoms with E-state index in [2.05, 4.69) is 10.1 Å². The highest BCUT2D eigenvalue weighted by molar-refractivity contribution is 7.89. The molecule has 2 heterocycles. The number of sulfonamides is 1. The smallest absolute Gasteiger partial charge is 0.234 e. The predicted molar refractivity (Wildman–Crippen MR) is 92.8 cm³/mol. The Morgan fingerprint density at radius 2 is 1.70 bits per heavy atom. The first-order valence-electron chi connectivity index (χ1n) is 8.42. The van der Waals surface area contributed by atoms with E-state index < -0.39 is 51.1 Å². The number of halogens is 6. The molecule has 0 radical (unpaired) electrons. The Morgan fingerprint density at radius 1 is 1.07 bits per heavy atom.